The number of fused-ring (bicyclic) bond motifs is 3. The van der Waals surface area contributed by atoms with Gasteiger partial charge in [-0.05, 0) is 24.3 Å². The number of rotatable bonds is 2. The van der Waals surface area contributed by atoms with Crippen LogP contribution in [0.5, 0.6) is 0 Å². The second-order valence-corrected chi connectivity index (χ2v) is 5.75. The fourth-order valence-electron chi connectivity index (χ4n) is 3.07. The van der Waals surface area contributed by atoms with E-state index in [0.29, 0.717) is 23.0 Å². The summed E-state index contributed by atoms with van der Waals surface area (Å²) in [5.74, 6) is 0.994. The molecule has 0 aliphatic carbocycles. The Kier molecular flexibility index (Phi) is 2.87. The maximum atomic E-state index is 6.11. The van der Waals surface area contributed by atoms with Crippen molar-refractivity contribution in [2.75, 3.05) is 5.73 Å². The van der Waals surface area contributed by atoms with E-state index < -0.39 is 0 Å². The van der Waals surface area contributed by atoms with E-state index in [1.165, 1.54) is 0 Å². The molecule has 2 N–H and O–H groups in total. The molecule has 0 atom stereocenters. The Bertz CT molecular complexity index is 1210. The highest BCUT2D eigenvalue weighted by Gasteiger charge is 2.16. The molecule has 0 aliphatic heterocycles. The SMILES string of the molecule is Nc1ncc(-c2ccco2)nc1-c1cccc2c1oc1ccccc12. The average Bonchev–Trinajstić information content (AvgIpc) is 3.30. The lowest BCUT2D eigenvalue weighted by Crippen LogP contribution is -1.98. The van der Waals surface area contributed by atoms with Crippen LogP contribution in [0.3, 0.4) is 0 Å². The number of nitrogens with two attached hydrogens (primary N) is 1. The van der Waals surface area contributed by atoms with Crippen molar-refractivity contribution in [2.24, 2.45) is 0 Å². The number of para-hydroxylation sites is 2. The molecule has 0 amide bonds. The van der Waals surface area contributed by atoms with Crippen LogP contribution in [0.25, 0.3) is 44.7 Å². The Morgan fingerprint density at radius 2 is 1.76 bits per heavy atom. The summed E-state index contributed by atoms with van der Waals surface area (Å²) in [4.78, 5) is 8.95. The van der Waals surface area contributed by atoms with Gasteiger partial charge in [-0.3, -0.25) is 0 Å². The molecule has 0 saturated heterocycles. The highest BCUT2D eigenvalue weighted by molar-refractivity contribution is 6.09. The second kappa shape index (κ2) is 5.21. The van der Waals surface area contributed by atoms with E-state index in [1.807, 2.05) is 54.6 Å². The maximum Gasteiger partial charge on any atom is 0.153 e. The number of nitrogen functional groups attached to an aromatic ring is 1. The van der Waals surface area contributed by atoms with Crippen LogP contribution in [0.2, 0.25) is 0 Å². The van der Waals surface area contributed by atoms with Crippen LogP contribution in [0, 0.1) is 0 Å². The molecule has 0 fully saturated rings. The first kappa shape index (κ1) is 13.8. The lowest BCUT2D eigenvalue weighted by atomic mass is 10.1. The molecule has 0 aliphatic rings. The molecule has 0 saturated carbocycles. The molecule has 0 bridgehead atoms. The zero-order chi connectivity index (χ0) is 16.8. The van der Waals surface area contributed by atoms with E-state index >= 15 is 0 Å². The Morgan fingerprint density at radius 3 is 2.64 bits per heavy atom. The first-order chi connectivity index (χ1) is 12.3. The van der Waals surface area contributed by atoms with Gasteiger partial charge in [-0.1, -0.05) is 30.3 Å². The molecular weight excluding hydrogens is 314 g/mol. The van der Waals surface area contributed by atoms with Crippen molar-refractivity contribution in [3.05, 3.63) is 67.1 Å². The maximum absolute atomic E-state index is 6.11. The number of aromatic nitrogens is 2. The van der Waals surface area contributed by atoms with E-state index in [9.17, 15) is 0 Å². The monoisotopic (exact) mass is 327 g/mol. The molecule has 0 radical (unpaired) electrons. The standard InChI is InChI=1S/C20H13N3O2/c21-20-18(23-15(11-22-20)17-9-4-10-24-17)14-7-3-6-13-12-5-1-2-8-16(12)25-19(13)14/h1-11H,(H2,21,22). The van der Waals surface area contributed by atoms with Gasteiger partial charge in [0.05, 0.1) is 12.5 Å². The lowest BCUT2D eigenvalue weighted by molar-refractivity contribution is 0.580. The molecule has 2 aromatic carbocycles. The first-order valence-corrected chi connectivity index (χ1v) is 7.88. The smallest absolute Gasteiger partial charge is 0.153 e. The minimum atomic E-state index is 0.350. The van der Waals surface area contributed by atoms with Crippen molar-refractivity contribution in [1.29, 1.82) is 0 Å². The highest BCUT2D eigenvalue weighted by Crippen LogP contribution is 2.36. The largest absolute Gasteiger partial charge is 0.463 e. The first-order valence-electron chi connectivity index (χ1n) is 7.88. The summed E-state index contributed by atoms with van der Waals surface area (Å²) in [6.07, 6.45) is 3.21. The Labute approximate surface area is 142 Å². The summed E-state index contributed by atoms with van der Waals surface area (Å²) < 4.78 is 11.5. The predicted molar refractivity (Wildman–Crippen MR) is 96.9 cm³/mol. The third-order valence-corrected chi connectivity index (χ3v) is 4.23. The number of hydrogen-bond acceptors (Lipinski definition) is 5. The Morgan fingerprint density at radius 1 is 0.880 bits per heavy atom. The van der Waals surface area contributed by atoms with Gasteiger partial charge in [0.1, 0.15) is 28.4 Å². The summed E-state index contributed by atoms with van der Waals surface area (Å²) in [5, 5.41) is 2.09. The van der Waals surface area contributed by atoms with Gasteiger partial charge in [-0.25, -0.2) is 9.97 Å². The van der Waals surface area contributed by atoms with Crippen molar-refractivity contribution in [2.45, 2.75) is 0 Å². The molecule has 25 heavy (non-hydrogen) atoms. The summed E-state index contributed by atoms with van der Waals surface area (Å²) in [7, 11) is 0. The fraction of sp³-hybridized carbons (Fsp3) is 0. The van der Waals surface area contributed by atoms with Gasteiger partial charge in [-0.2, -0.15) is 0 Å². The van der Waals surface area contributed by atoms with Gasteiger partial charge in [0.15, 0.2) is 5.76 Å². The Hall–Kier alpha value is -3.60. The van der Waals surface area contributed by atoms with Gasteiger partial charge in [0, 0.05) is 16.3 Å². The zero-order valence-corrected chi connectivity index (χ0v) is 13.1. The van der Waals surface area contributed by atoms with E-state index in [4.69, 9.17) is 14.6 Å². The molecule has 5 heteroatoms. The van der Waals surface area contributed by atoms with Crippen molar-refractivity contribution in [3.63, 3.8) is 0 Å². The molecule has 0 unspecified atom stereocenters. The van der Waals surface area contributed by atoms with Crippen molar-refractivity contribution in [1.82, 2.24) is 9.97 Å². The number of hydrogen-bond donors (Lipinski definition) is 1. The van der Waals surface area contributed by atoms with Crippen LogP contribution >= 0.6 is 0 Å². The molecule has 5 rings (SSSR count). The van der Waals surface area contributed by atoms with Crippen LogP contribution in [-0.4, -0.2) is 9.97 Å². The van der Waals surface area contributed by atoms with Crippen LogP contribution in [0.1, 0.15) is 0 Å². The van der Waals surface area contributed by atoms with Gasteiger partial charge >= 0.3 is 0 Å². The summed E-state index contributed by atoms with van der Waals surface area (Å²) >= 11 is 0. The van der Waals surface area contributed by atoms with Crippen LogP contribution in [0.15, 0.2) is 75.9 Å². The number of nitrogens with zero attached hydrogens (tertiary/aromatic N) is 2. The second-order valence-electron chi connectivity index (χ2n) is 5.75. The van der Waals surface area contributed by atoms with Crippen molar-refractivity contribution in [3.8, 4) is 22.7 Å². The summed E-state index contributed by atoms with van der Waals surface area (Å²) in [6, 6.07) is 17.5. The molecule has 5 aromatic rings. The third kappa shape index (κ3) is 2.10. The normalized spacial score (nSPS) is 11.4. The number of furan rings is 2. The minimum Gasteiger partial charge on any atom is -0.463 e. The summed E-state index contributed by atoms with van der Waals surface area (Å²) in [6.45, 7) is 0. The highest BCUT2D eigenvalue weighted by atomic mass is 16.3. The molecule has 3 aromatic heterocycles. The zero-order valence-electron chi connectivity index (χ0n) is 13.1. The molecule has 5 nitrogen and oxygen atoms in total. The van der Waals surface area contributed by atoms with Gasteiger partial charge in [0.25, 0.3) is 0 Å². The molecule has 120 valence electrons. The van der Waals surface area contributed by atoms with Gasteiger partial charge in [0.2, 0.25) is 0 Å². The third-order valence-electron chi connectivity index (χ3n) is 4.23. The molecule has 0 spiro atoms. The van der Waals surface area contributed by atoms with E-state index in [-0.39, 0.29) is 0 Å². The quantitative estimate of drug-likeness (QED) is 0.499. The number of anilines is 1. The lowest BCUT2D eigenvalue weighted by Gasteiger charge is -2.06. The van der Waals surface area contributed by atoms with E-state index in [0.717, 1.165) is 27.5 Å². The van der Waals surface area contributed by atoms with Gasteiger partial charge < -0.3 is 14.6 Å². The van der Waals surface area contributed by atoms with Crippen molar-refractivity contribution < 1.29 is 8.83 Å². The minimum absolute atomic E-state index is 0.350. The Balaban J connectivity index is 1.80. The van der Waals surface area contributed by atoms with E-state index in [1.54, 1.807) is 12.5 Å². The van der Waals surface area contributed by atoms with Crippen LogP contribution < -0.4 is 5.73 Å². The number of benzene rings is 2. The van der Waals surface area contributed by atoms with Crippen LogP contribution in [0.4, 0.5) is 5.82 Å². The molecule has 3 heterocycles. The molecular formula is C20H13N3O2. The van der Waals surface area contributed by atoms with Crippen LogP contribution in [-0.2, 0) is 0 Å². The van der Waals surface area contributed by atoms with Crippen molar-refractivity contribution >= 4 is 27.8 Å². The topological polar surface area (TPSA) is 78.1 Å². The summed E-state index contributed by atoms with van der Waals surface area (Å²) in [5.41, 5.74) is 9.72. The van der Waals surface area contributed by atoms with E-state index in [2.05, 4.69) is 9.97 Å². The predicted octanol–water partition coefficient (Wildman–Crippen LogP) is 4.89. The average molecular weight is 327 g/mol. The fourth-order valence-corrected chi connectivity index (χ4v) is 3.07. The van der Waals surface area contributed by atoms with Gasteiger partial charge in [-0.15, -0.1) is 0 Å².